The maximum atomic E-state index is 15.5. The standard InChI is InChI=1S/C19H20FNO3/c1-24-18(23)19(17(22)21-12-5-6-13-21)11-7-10-15(16(19)20)14-8-3-2-4-9-14/h2-4,7-11,16H,5-6,12-13H2,1H3. The minimum atomic E-state index is -1.95. The summed E-state index contributed by atoms with van der Waals surface area (Å²) in [5.74, 6) is -1.37. The summed E-state index contributed by atoms with van der Waals surface area (Å²) >= 11 is 0. The second-order valence-electron chi connectivity index (χ2n) is 6.07. The first-order chi connectivity index (χ1) is 11.6. The Morgan fingerprint density at radius 3 is 2.50 bits per heavy atom. The highest BCUT2D eigenvalue weighted by molar-refractivity contribution is 6.08. The van der Waals surface area contributed by atoms with Crippen LogP contribution >= 0.6 is 0 Å². The van der Waals surface area contributed by atoms with E-state index in [1.165, 1.54) is 13.2 Å². The second-order valence-corrected chi connectivity index (χ2v) is 6.07. The Bertz CT molecular complexity index is 692. The zero-order chi connectivity index (χ0) is 17.2. The Hall–Kier alpha value is -2.43. The van der Waals surface area contributed by atoms with Crippen LogP contribution in [0.15, 0.2) is 48.6 Å². The van der Waals surface area contributed by atoms with Crippen molar-refractivity contribution in [3.63, 3.8) is 0 Å². The van der Waals surface area contributed by atoms with Crippen LogP contribution in [0.2, 0.25) is 0 Å². The molecule has 4 nitrogen and oxygen atoms in total. The highest BCUT2D eigenvalue weighted by Gasteiger charge is 2.56. The summed E-state index contributed by atoms with van der Waals surface area (Å²) in [4.78, 5) is 27.1. The molecule has 5 heteroatoms. The Morgan fingerprint density at radius 1 is 1.21 bits per heavy atom. The highest BCUT2D eigenvalue weighted by Crippen LogP contribution is 2.42. The van der Waals surface area contributed by atoms with Gasteiger partial charge in [0.15, 0.2) is 11.6 Å². The highest BCUT2D eigenvalue weighted by atomic mass is 19.1. The molecular formula is C19H20FNO3. The summed E-state index contributed by atoms with van der Waals surface area (Å²) in [6, 6.07) is 8.95. The largest absolute Gasteiger partial charge is 0.468 e. The monoisotopic (exact) mass is 329 g/mol. The zero-order valence-corrected chi connectivity index (χ0v) is 13.6. The molecule has 1 aromatic rings. The first-order valence-electron chi connectivity index (χ1n) is 8.08. The molecule has 0 spiro atoms. The van der Waals surface area contributed by atoms with Gasteiger partial charge in [-0.15, -0.1) is 0 Å². The molecule has 2 atom stereocenters. The summed E-state index contributed by atoms with van der Waals surface area (Å²) < 4.78 is 20.4. The number of halogens is 1. The van der Waals surface area contributed by atoms with Gasteiger partial charge in [-0.25, -0.2) is 4.39 Å². The average Bonchev–Trinajstić information content (AvgIpc) is 3.16. The number of hydrogen-bond acceptors (Lipinski definition) is 3. The van der Waals surface area contributed by atoms with Crippen molar-refractivity contribution < 1.29 is 18.7 Å². The van der Waals surface area contributed by atoms with E-state index < -0.39 is 23.5 Å². The summed E-state index contributed by atoms with van der Waals surface area (Å²) in [6.45, 7) is 1.09. The van der Waals surface area contributed by atoms with Gasteiger partial charge in [-0.1, -0.05) is 48.6 Å². The van der Waals surface area contributed by atoms with E-state index in [-0.39, 0.29) is 0 Å². The van der Waals surface area contributed by atoms with Crippen LogP contribution in [0.1, 0.15) is 18.4 Å². The van der Waals surface area contributed by atoms with Crippen LogP contribution in [0.4, 0.5) is 4.39 Å². The van der Waals surface area contributed by atoms with Crippen LogP contribution in [-0.2, 0) is 14.3 Å². The van der Waals surface area contributed by atoms with Crippen molar-refractivity contribution in [2.24, 2.45) is 5.41 Å². The van der Waals surface area contributed by atoms with Crippen molar-refractivity contribution in [3.05, 3.63) is 54.1 Å². The smallest absolute Gasteiger partial charge is 0.328 e. The van der Waals surface area contributed by atoms with Gasteiger partial charge in [0.2, 0.25) is 5.91 Å². The van der Waals surface area contributed by atoms with Gasteiger partial charge in [0.05, 0.1) is 7.11 Å². The van der Waals surface area contributed by atoms with Gasteiger partial charge in [0, 0.05) is 13.1 Å². The number of hydrogen-bond donors (Lipinski definition) is 0. The fourth-order valence-corrected chi connectivity index (χ4v) is 3.38. The molecule has 1 heterocycles. The zero-order valence-electron chi connectivity index (χ0n) is 13.6. The fourth-order valence-electron chi connectivity index (χ4n) is 3.38. The molecule has 0 saturated carbocycles. The van der Waals surface area contributed by atoms with E-state index >= 15 is 4.39 Å². The number of carbonyl (C=O) groups excluding carboxylic acids is 2. The van der Waals surface area contributed by atoms with Crippen LogP contribution < -0.4 is 0 Å². The van der Waals surface area contributed by atoms with Crippen LogP contribution in [0.3, 0.4) is 0 Å². The molecule has 0 radical (unpaired) electrons. The van der Waals surface area contributed by atoms with Crippen LogP contribution in [0.5, 0.6) is 0 Å². The normalized spacial score (nSPS) is 26.2. The number of methoxy groups -OCH3 is 1. The number of ether oxygens (including phenoxy) is 1. The van der Waals surface area contributed by atoms with Crippen molar-refractivity contribution >= 4 is 17.4 Å². The molecule has 0 aromatic heterocycles. The third-order valence-electron chi connectivity index (χ3n) is 4.69. The third-order valence-corrected chi connectivity index (χ3v) is 4.69. The number of carbonyl (C=O) groups is 2. The number of allylic oxidation sites excluding steroid dienone is 3. The van der Waals surface area contributed by atoms with E-state index in [0.717, 1.165) is 12.8 Å². The molecule has 2 unspecified atom stereocenters. The molecule has 126 valence electrons. The summed E-state index contributed by atoms with van der Waals surface area (Å²) in [5.41, 5.74) is -0.980. The maximum absolute atomic E-state index is 15.5. The molecule has 3 rings (SSSR count). The number of likely N-dealkylation sites (tertiary alicyclic amines) is 1. The van der Waals surface area contributed by atoms with E-state index in [9.17, 15) is 9.59 Å². The minimum absolute atomic E-state index is 0.316. The minimum Gasteiger partial charge on any atom is -0.468 e. The first kappa shape index (κ1) is 16.4. The maximum Gasteiger partial charge on any atom is 0.328 e. The van der Waals surface area contributed by atoms with Crippen molar-refractivity contribution in [1.82, 2.24) is 4.90 Å². The molecular weight excluding hydrogens is 309 g/mol. The van der Waals surface area contributed by atoms with Crippen LogP contribution in [0.25, 0.3) is 5.57 Å². The molecule has 1 amide bonds. The average molecular weight is 329 g/mol. The molecule has 1 fully saturated rings. The number of benzene rings is 1. The van der Waals surface area contributed by atoms with Gasteiger partial charge < -0.3 is 9.64 Å². The van der Waals surface area contributed by atoms with E-state index in [4.69, 9.17) is 4.74 Å². The quantitative estimate of drug-likeness (QED) is 0.633. The van der Waals surface area contributed by atoms with Crippen LogP contribution in [-0.4, -0.2) is 43.1 Å². The molecule has 1 saturated heterocycles. The predicted molar refractivity (Wildman–Crippen MR) is 88.7 cm³/mol. The first-order valence-corrected chi connectivity index (χ1v) is 8.08. The van der Waals surface area contributed by atoms with Gasteiger partial charge in [0.25, 0.3) is 0 Å². The van der Waals surface area contributed by atoms with Gasteiger partial charge in [0.1, 0.15) is 0 Å². The molecule has 1 aromatic carbocycles. The van der Waals surface area contributed by atoms with Crippen molar-refractivity contribution in [2.75, 3.05) is 20.2 Å². The van der Waals surface area contributed by atoms with Gasteiger partial charge in [-0.3, -0.25) is 9.59 Å². The Morgan fingerprint density at radius 2 is 1.88 bits per heavy atom. The summed E-state index contributed by atoms with van der Waals surface area (Å²) in [6.07, 6.45) is 4.47. The molecule has 1 aliphatic carbocycles. The Labute approximate surface area is 140 Å². The fraction of sp³-hybridized carbons (Fsp3) is 0.368. The number of nitrogens with zero attached hydrogens (tertiary/aromatic N) is 1. The van der Waals surface area contributed by atoms with Crippen molar-refractivity contribution in [1.29, 1.82) is 0 Å². The van der Waals surface area contributed by atoms with Crippen molar-refractivity contribution in [2.45, 2.75) is 19.0 Å². The third kappa shape index (κ3) is 2.54. The topological polar surface area (TPSA) is 46.6 Å². The van der Waals surface area contributed by atoms with Crippen molar-refractivity contribution in [3.8, 4) is 0 Å². The van der Waals surface area contributed by atoms with Gasteiger partial charge >= 0.3 is 5.97 Å². The van der Waals surface area contributed by atoms with Gasteiger partial charge in [-0.05, 0) is 24.0 Å². The number of rotatable bonds is 3. The van der Waals surface area contributed by atoms with Gasteiger partial charge in [-0.2, -0.15) is 0 Å². The molecule has 2 aliphatic rings. The lowest BCUT2D eigenvalue weighted by Crippen LogP contribution is -2.53. The number of alkyl halides is 1. The Balaban J connectivity index is 2.03. The summed E-state index contributed by atoms with van der Waals surface area (Å²) in [7, 11) is 1.18. The lowest BCUT2D eigenvalue weighted by molar-refractivity contribution is -0.162. The lowest BCUT2D eigenvalue weighted by Gasteiger charge is -2.36. The summed E-state index contributed by atoms with van der Waals surface area (Å²) in [5, 5.41) is 0. The SMILES string of the molecule is COC(=O)C1(C(=O)N2CCCC2)C=CC=C(c2ccccc2)C1F. The second kappa shape index (κ2) is 6.59. The van der Waals surface area contributed by atoms with E-state index in [1.807, 2.05) is 6.07 Å². The lowest BCUT2D eigenvalue weighted by atomic mass is 9.73. The number of esters is 1. The molecule has 0 bridgehead atoms. The van der Waals surface area contributed by atoms with E-state index in [0.29, 0.717) is 24.2 Å². The number of amides is 1. The van der Waals surface area contributed by atoms with E-state index in [1.54, 1.807) is 41.3 Å². The predicted octanol–water partition coefficient (Wildman–Crippen LogP) is 2.76. The molecule has 24 heavy (non-hydrogen) atoms. The van der Waals surface area contributed by atoms with Crippen LogP contribution in [0, 0.1) is 5.41 Å². The Kier molecular flexibility index (Phi) is 4.51. The van der Waals surface area contributed by atoms with E-state index in [2.05, 4.69) is 0 Å². The molecule has 1 aliphatic heterocycles. The molecule has 0 N–H and O–H groups in total.